The standard InChI is InChI=1S/C18H19Br/c19-16-10-6-9-15-17(16)13-7-2-3-8-14(13)18(15)11-4-1-5-12-18/h2-3,6-10,15,17H,1,4-5,11-12H2. The summed E-state index contributed by atoms with van der Waals surface area (Å²) >= 11 is 3.83. The summed E-state index contributed by atoms with van der Waals surface area (Å²) in [5.74, 6) is 1.24. The highest BCUT2D eigenvalue weighted by molar-refractivity contribution is 9.11. The van der Waals surface area contributed by atoms with Crippen LogP contribution in [0.4, 0.5) is 0 Å². The summed E-state index contributed by atoms with van der Waals surface area (Å²) in [6.45, 7) is 0. The van der Waals surface area contributed by atoms with E-state index >= 15 is 0 Å². The lowest BCUT2D eigenvalue weighted by Gasteiger charge is -2.41. The van der Waals surface area contributed by atoms with E-state index in [1.54, 1.807) is 11.1 Å². The first-order valence-electron chi connectivity index (χ1n) is 7.46. The van der Waals surface area contributed by atoms with Gasteiger partial charge in [-0.2, -0.15) is 0 Å². The van der Waals surface area contributed by atoms with Crippen LogP contribution in [0.3, 0.4) is 0 Å². The Kier molecular flexibility index (Phi) is 2.73. The second-order valence-corrected chi connectivity index (χ2v) is 7.16. The van der Waals surface area contributed by atoms with Crippen LogP contribution in [0.5, 0.6) is 0 Å². The first kappa shape index (κ1) is 12.0. The van der Waals surface area contributed by atoms with Crippen LogP contribution in [0.1, 0.15) is 49.1 Å². The first-order chi connectivity index (χ1) is 9.33. The van der Waals surface area contributed by atoms with E-state index in [9.17, 15) is 0 Å². The van der Waals surface area contributed by atoms with Gasteiger partial charge in [0.15, 0.2) is 0 Å². The lowest BCUT2D eigenvalue weighted by atomic mass is 9.63. The van der Waals surface area contributed by atoms with Gasteiger partial charge >= 0.3 is 0 Å². The van der Waals surface area contributed by atoms with E-state index in [0.29, 0.717) is 17.3 Å². The average molecular weight is 315 g/mol. The van der Waals surface area contributed by atoms with Gasteiger partial charge in [-0.05, 0) is 29.9 Å². The van der Waals surface area contributed by atoms with Gasteiger partial charge in [0.2, 0.25) is 0 Å². The molecule has 0 nitrogen and oxygen atoms in total. The highest BCUT2D eigenvalue weighted by Gasteiger charge is 2.51. The Bertz CT molecular complexity index is 561. The minimum Gasteiger partial charge on any atom is -0.0795 e. The van der Waals surface area contributed by atoms with Crippen molar-refractivity contribution in [2.45, 2.75) is 43.4 Å². The molecular weight excluding hydrogens is 296 g/mol. The Morgan fingerprint density at radius 3 is 2.68 bits per heavy atom. The van der Waals surface area contributed by atoms with Gasteiger partial charge < -0.3 is 0 Å². The Morgan fingerprint density at radius 2 is 1.84 bits per heavy atom. The van der Waals surface area contributed by atoms with E-state index in [-0.39, 0.29) is 0 Å². The average Bonchev–Trinajstić information content (AvgIpc) is 2.73. The fourth-order valence-electron chi connectivity index (χ4n) is 4.69. The van der Waals surface area contributed by atoms with Crippen LogP contribution in [0, 0.1) is 5.92 Å². The third-order valence-electron chi connectivity index (χ3n) is 5.45. The van der Waals surface area contributed by atoms with Crippen molar-refractivity contribution in [3.05, 3.63) is 58.1 Å². The molecule has 0 radical (unpaired) electrons. The lowest BCUT2D eigenvalue weighted by molar-refractivity contribution is 0.233. The quantitative estimate of drug-likeness (QED) is 0.597. The zero-order valence-corrected chi connectivity index (χ0v) is 12.7. The van der Waals surface area contributed by atoms with Gasteiger partial charge in [-0.25, -0.2) is 0 Å². The fraction of sp³-hybridized carbons (Fsp3) is 0.444. The molecule has 2 atom stereocenters. The van der Waals surface area contributed by atoms with E-state index in [4.69, 9.17) is 0 Å². The molecule has 0 aromatic heterocycles. The summed E-state index contributed by atoms with van der Waals surface area (Å²) in [5, 5.41) is 0. The summed E-state index contributed by atoms with van der Waals surface area (Å²) in [5.41, 5.74) is 3.63. The van der Waals surface area contributed by atoms with Gasteiger partial charge in [0, 0.05) is 15.8 Å². The zero-order valence-electron chi connectivity index (χ0n) is 11.1. The van der Waals surface area contributed by atoms with Crippen LogP contribution in [0.25, 0.3) is 0 Å². The molecule has 0 saturated heterocycles. The number of rotatable bonds is 0. The maximum absolute atomic E-state index is 3.83. The Morgan fingerprint density at radius 1 is 1.05 bits per heavy atom. The van der Waals surface area contributed by atoms with Gasteiger partial charge in [-0.15, -0.1) is 0 Å². The van der Waals surface area contributed by atoms with Gasteiger partial charge in [0.25, 0.3) is 0 Å². The number of benzene rings is 1. The molecule has 3 aliphatic rings. The number of allylic oxidation sites excluding steroid dienone is 4. The van der Waals surface area contributed by atoms with E-state index < -0.39 is 0 Å². The SMILES string of the molecule is BrC1=CC=CC2C1c1ccccc1C21CCCCC1. The molecule has 3 aliphatic carbocycles. The molecule has 1 aromatic carbocycles. The highest BCUT2D eigenvalue weighted by Crippen LogP contribution is 2.61. The molecule has 2 unspecified atom stereocenters. The molecule has 0 amide bonds. The third kappa shape index (κ3) is 1.57. The number of hydrogen-bond donors (Lipinski definition) is 0. The molecule has 1 fully saturated rings. The predicted molar refractivity (Wildman–Crippen MR) is 83.6 cm³/mol. The normalized spacial score (nSPS) is 30.9. The van der Waals surface area contributed by atoms with Gasteiger partial charge in [0.1, 0.15) is 0 Å². The molecule has 98 valence electrons. The molecule has 1 spiro atoms. The molecular formula is C18H19Br. The highest BCUT2D eigenvalue weighted by atomic mass is 79.9. The molecule has 1 heteroatoms. The van der Waals surface area contributed by atoms with Crippen molar-refractivity contribution in [1.82, 2.24) is 0 Å². The van der Waals surface area contributed by atoms with Crippen LogP contribution in [-0.4, -0.2) is 0 Å². The monoisotopic (exact) mass is 314 g/mol. The second kappa shape index (κ2) is 4.34. The molecule has 0 N–H and O–H groups in total. The predicted octanol–water partition coefficient (Wildman–Crippen LogP) is 5.45. The molecule has 0 heterocycles. The van der Waals surface area contributed by atoms with E-state index in [0.717, 1.165) is 0 Å². The first-order valence-corrected chi connectivity index (χ1v) is 8.25. The van der Waals surface area contributed by atoms with Gasteiger partial charge in [-0.3, -0.25) is 0 Å². The van der Waals surface area contributed by atoms with Crippen molar-refractivity contribution < 1.29 is 0 Å². The molecule has 4 rings (SSSR count). The Labute approximate surface area is 123 Å². The third-order valence-corrected chi connectivity index (χ3v) is 6.20. The van der Waals surface area contributed by atoms with Crippen LogP contribution in [0.15, 0.2) is 47.0 Å². The van der Waals surface area contributed by atoms with E-state index in [1.807, 2.05) is 0 Å². The van der Waals surface area contributed by atoms with Gasteiger partial charge in [-0.1, -0.05) is 77.7 Å². The molecule has 0 bridgehead atoms. The summed E-state index contributed by atoms with van der Waals surface area (Å²) in [6, 6.07) is 9.18. The Balaban J connectivity index is 1.92. The maximum Gasteiger partial charge on any atom is 0.0230 e. The Hall–Kier alpha value is -0.820. The summed E-state index contributed by atoms with van der Waals surface area (Å²) < 4.78 is 1.37. The molecule has 1 aromatic rings. The van der Waals surface area contributed by atoms with Crippen molar-refractivity contribution >= 4 is 15.9 Å². The maximum atomic E-state index is 3.83. The van der Waals surface area contributed by atoms with Crippen LogP contribution in [0.2, 0.25) is 0 Å². The number of fused-ring (bicyclic) bond motifs is 5. The van der Waals surface area contributed by atoms with E-state index in [1.165, 1.54) is 36.6 Å². The van der Waals surface area contributed by atoms with Crippen LogP contribution in [-0.2, 0) is 5.41 Å². The van der Waals surface area contributed by atoms with Crippen molar-refractivity contribution in [2.24, 2.45) is 5.92 Å². The van der Waals surface area contributed by atoms with E-state index in [2.05, 4.69) is 58.4 Å². The molecule has 19 heavy (non-hydrogen) atoms. The van der Waals surface area contributed by atoms with Crippen molar-refractivity contribution in [2.75, 3.05) is 0 Å². The topological polar surface area (TPSA) is 0 Å². The second-order valence-electron chi connectivity index (χ2n) is 6.24. The van der Waals surface area contributed by atoms with Crippen molar-refractivity contribution in [3.63, 3.8) is 0 Å². The number of hydrogen-bond acceptors (Lipinski definition) is 0. The summed E-state index contributed by atoms with van der Waals surface area (Å²) in [7, 11) is 0. The minimum absolute atomic E-state index is 0.420. The lowest BCUT2D eigenvalue weighted by Crippen LogP contribution is -2.34. The molecule has 0 aliphatic heterocycles. The fourth-order valence-corrected chi connectivity index (χ4v) is 5.37. The van der Waals surface area contributed by atoms with Crippen LogP contribution < -0.4 is 0 Å². The minimum atomic E-state index is 0.420. The smallest absolute Gasteiger partial charge is 0.0230 e. The zero-order chi connectivity index (χ0) is 12.9. The van der Waals surface area contributed by atoms with Crippen molar-refractivity contribution in [3.8, 4) is 0 Å². The summed E-state index contributed by atoms with van der Waals surface area (Å²) in [6.07, 6.45) is 13.9. The van der Waals surface area contributed by atoms with Gasteiger partial charge in [0.05, 0.1) is 0 Å². The number of halogens is 1. The molecule has 1 saturated carbocycles. The van der Waals surface area contributed by atoms with Crippen molar-refractivity contribution in [1.29, 1.82) is 0 Å². The van der Waals surface area contributed by atoms with Crippen LogP contribution >= 0.6 is 15.9 Å². The summed E-state index contributed by atoms with van der Waals surface area (Å²) in [4.78, 5) is 0. The largest absolute Gasteiger partial charge is 0.0795 e.